The molecule has 3 aromatic rings. The lowest BCUT2D eigenvalue weighted by molar-refractivity contribution is 0.630. The highest BCUT2D eigenvalue weighted by Crippen LogP contribution is 2.32. The van der Waals surface area contributed by atoms with E-state index in [1.165, 1.54) is 12.1 Å². The van der Waals surface area contributed by atoms with Gasteiger partial charge in [0, 0.05) is 15.6 Å². The van der Waals surface area contributed by atoms with E-state index in [0.717, 1.165) is 10.2 Å². The molecule has 2 aromatic carbocycles. The third-order valence-electron chi connectivity index (χ3n) is 3.03. The summed E-state index contributed by atoms with van der Waals surface area (Å²) in [6, 6.07) is 8.19. The van der Waals surface area contributed by atoms with Crippen molar-refractivity contribution in [2.45, 2.75) is 5.88 Å². The number of rotatable bonds is 2. The molecule has 7 heteroatoms. The number of aromatic nitrogens is 2. The van der Waals surface area contributed by atoms with Gasteiger partial charge in [-0.15, -0.1) is 11.6 Å². The Morgan fingerprint density at radius 1 is 1.19 bits per heavy atom. The van der Waals surface area contributed by atoms with E-state index < -0.39 is 5.82 Å². The second-order valence-corrected chi connectivity index (χ2v) is 6.31. The van der Waals surface area contributed by atoms with Crippen LogP contribution in [0.15, 0.2) is 34.8 Å². The summed E-state index contributed by atoms with van der Waals surface area (Å²) < 4.78 is 16.2. The van der Waals surface area contributed by atoms with Crippen LogP contribution < -0.4 is 0 Å². The minimum atomic E-state index is -0.514. The van der Waals surface area contributed by atoms with Crippen molar-refractivity contribution in [1.29, 1.82) is 0 Å². The molecule has 1 heterocycles. The fourth-order valence-electron chi connectivity index (χ4n) is 2.14. The molecule has 0 N–H and O–H groups in total. The predicted molar refractivity (Wildman–Crippen MR) is 88.3 cm³/mol. The third kappa shape index (κ3) is 2.66. The molecule has 0 aliphatic carbocycles. The SMILES string of the molecule is Fc1cc2nc(CCl)n(-c3cc(Cl)ccc3Br)c2cc1Cl. The van der Waals surface area contributed by atoms with Crippen molar-refractivity contribution in [2.75, 3.05) is 0 Å². The summed E-state index contributed by atoms with van der Waals surface area (Å²) in [6.45, 7) is 0. The second kappa shape index (κ2) is 5.76. The number of alkyl halides is 1. The van der Waals surface area contributed by atoms with E-state index in [-0.39, 0.29) is 10.9 Å². The summed E-state index contributed by atoms with van der Waals surface area (Å²) >= 11 is 21.4. The Bertz CT molecular complexity index is 848. The van der Waals surface area contributed by atoms with Gasteiger partial charge in [0.15, 0.2) is 0 Å². The molecule has 0 aliphatic rings. The summed E-state index contributed by atoms with van der Waals surface area (Å²) in [4.78, 5) is 4.35. The number of benzene rings is 2. The Balaban J connectivity index is 2.40. The van der Waals surface area contributed by atoms with Crippen LogP contribution in [0.5, 0.6) is 0 Å². The zero-order valence-corrected chi connectivity index (χ0v) is 14.2. The average molecular weight is 408 g/mol. The summed E-state index contributed by atoms with van der Waals surface area (Å²) in [7, 11) is 0. The Kier molecular flexibility index (Phi) is 4.14. The van der Waals surface area contributed by atoms with Gasteiger partial charge in [-0.3, -0.25) is 4.57 Å². The van der Waals surface area contributed by atoms with Crippen LogP contribution >= 0.6 is 50.7 Å². The van der Waals surface area contributed by atoms with Crippen LogP contribution in [0, 0.1) is 5.82 Å². The molecule has 0 saturated carbocycles. The van der Waals surface area contributed by atoms with Crippen LogP contribution in [0.4, 0.5) is 4.39 Å². The van der Waals surface area contributed by atoms with Crippen molar-refractivity contribution in [1.82, 2.24) is 9.55 Å². The maximum atomic E-state index is 13.6. The molecular weight excluding hydrogens is 401 g/mol. The molecule has 21 heavy (non-hydrogen) atoms. The lowest BCUT2D eigenvalue weighted by atomic mass is 10.2. The largest absolute Gasteiger partial charge is 0.294 e. The lowest BCUT2D eigenvalue weighted by Gasteiger charge is -2.11. The van der Waals surface area contributed by atoms with Crippen LogP contribution in [0.25, 0.3) is 16.7 Å². The molecule has 0 saturated heterocycles. The highest BCUT2D eigenvalue weighted by molar-refractivity contribution is 9.10. The molecular formula is C14H7BrCl3FN2. The third-order valence-corrected chi connectivity index (χ3v) is 4.47. The van der Waals surface area contributed by atoms with Crippen molar-refractivity contribution in [3.63, 3.8) is 0 Å². The van der Waals surface area contributed by atoms with Crippen molar-refractivity contribution in [2.24, 2.45) is 0 Å². The molecule has 0 fully saturated rings. The van der Waals surface area contributed by atoms with Crippen LogP contribution in [0.2, 0.25) is 10.0 Å². The zero-order valence-electron chi connectivity index (χ0n) is 10.4. The van der Waals surface area contributed by atoms with E-state index in [9.17, 15) is 4.39 Å². The zero-order chi connectivity index (χ0) is 15.1. The number of imidazole rings is 1. The van der Waals surface area contributed by atoms with E-state index in [2.05, 4.69) is 20.9 Å². The molecule has 0 bridgehead atoms. The molecule has 0 unspecified atom stereocenters. The van der Waals surface area contributed by atoms with Gasteiger partial charge < -0.3 is 0 Å². The maximum Gasteiger partial charge on any atom is 0.144 e. The van der Waals surface area contributed by atoms with Crippen LogP contribution in [-0.2, 0) is 5.88 Å². The molecule has 0 aliphatic heterocycles. The van der Waals surface area contributed by atoms with Crippen LogP contribution in [0.3, 0.4) is 0 Å². The maximum absolute atomic E-state index is 13.6. The van der Waals surface area contributed by atoms with Gasteiger partial charge in [-0.1, -0.05) is 23.2 Å². The number of nitrogens with zero attached hydrogens (tertiary/aromatic N) is 2. The second-order valence-electron chi connectivity index (χ2n) is 4.35. The molecule has 0 spiro atoms. The van der Waals surface area contributed by atoms with Gasteiger partial charge in [0.2, 0.25) is 0 Å². The highest BCUT2D eigenvalue weighted by Gasteiger charge is 2.16. The minimum Gasteiger partial charge on any atom is -0.294 e. The van der Waals surface area contributed by atoms with Gasteiger partial charge in [0.1, 0.15) is 11.6 Å². The quantitative estimate of drug-likeness (QED) is 0.478. The fraction of sp³-hybridized carbons (Fsp3) is 0.0714. The van der Waals surface area contributed by atoms with E-state index in [1.807, 2.05) is 10.6 Å². The van der Waals surface area contributed by atoms with E-state index in [0.29, 0.717) is 21.9 Å². The molecule has 0 amide bonds. The lowest BCUT2D eigenvalue weighted by Crippen LogP contribution is -2.00. The van der Waals surface area contributed by atoms with Gasteiger partial charge in [-0.25, -0.2) is 9.37 Å². The molecule has 1 aromatic heterocycles. The molecule has 3 rings (SSSR count). The number of fused-ring (bicyclic) bond motifs is 1. The Morgan fingerprint density at radius 2 is 1.95 bits per heavy atom. The monoisotopic (exact) mass is 406 g/mol. The van der Waals surface area contributed by atoms with E-state index >= 15 is 0 Å². The first kappa shape index (κ1) is 15.1. The van der Waals surface area contributed by atoms with Gasteiger partial charge in [-0.05, 0) is 40.2 Å². The standard InChI is InChI=1S/C14H7BrCl3FN2/c15-8-2-1-7(17)3-12(8)21-13-4-9(18)10(19)5-11(13)20-14(21)6-16/h1-5H,6H2. The first-order valence-electron chi connectivity index (χ1n) is 5.89. The number of hydrogen-bond donors (Lipinski definition) is 0. The Labute approximate surface area is 143 Å². The number of halogens is 5. The Hall–Kier alpha value is -0.810. The van der Waals surface area contributed by atoms with E-state index in [4.69, 9.17) is 34.8 Å². The van der Waals surface area contributed by atoms with Crippen LogP contribution in [0.1, 0.15) is 5.82 Å². The summed E-state index contributed by atoms with van der Waals surface area (Å²) in [5.74, 6) is 0.240. The van der Waals surface area contributed by atoms with Crippen molar-refractivity contribution in [3.05, 3.63) is 56.5 Å². The van der Waals surface area contributed by atoms with E-state index in [1.54, 1.807) is 12.1 Å². The fourth-order valence-corrected chi connectivity index (χ4v) is 3.07. The topological polar surface area (TPSA) is 17.8 Å². The first-order chi connectivity index (χ1) is 10.0. The van der Waals surface area contributed by atoms with Crippen molar-refractivity contribution in [3.8, 4) is 5.69 Å². The normalized spacial score (nSPS) is 11.3. The summed E-state index contributed by atoms with van der Waals surface area (Å²) in [5.41, 5.74) is 1.92. The predicted octanol–water partition coefficient (Wildman–Crippen LogP) is 5.97. The highest BCUT2D eigenvalue weighted by atomic mass is 79.9. The smallest absolute Gasteiger partial charge is 0.144 e. The van der Waals surface area contributed by atoms with Gasteiger partial charge >= 0.3 is 0 Å². The minimum absolute atomic E-state index is 0.0305. The van der Waals surface area contributed by atoms with Gasteiger partial charge in [0.05, 0.1) is 27.6 Å². The van der Waals surface area contributed by atoms with Crippen molar-refractivity contribution >= 4 is 61.8 Å². The number of hydrogen-bond acceptors (Lipinski definition) is 1. The Morgan fingerprint density at radius 3 is 2.67 bits per heavy atom. The molecule has 108 valence electrons. The van der Waals surface area contributed by atoms with Gasteiger partial charge in [-0.2, -0.15) is 0 Å². The first-order valence-corrected chi connectivity index (χ1v) is 7.97. The van der Waals surface area contributed by atoms with Crippen LogP contribution in [-0.4, -0.2) is 9.55 Å². The van der Waals surface area contributed by atoms with Gasteiger partial charge in [0.25, 0.3) is 0 Å². The average Bonchev–Trinajstić information content (AvgIpc) is 2.79. The molecule has 0 atom stereocenters. The molecule has 2 nitrogen and oxygen atoms in total. The summed E-state index contributed by atoms with van der Waals surface area (Å²) in [6.07, 6.45) is 0. The van der Waals surface area contributed by atoms with Crippen molar-refractivity contribution < 1.29 is 4.39 Å². The summed E-state index contributed by atoms with van der Waals surface area (Å²) in [5, 5.41) is 0.603. The molecule has 0 radical (unpaired) electrons.